The van der Waals surface area contributed by atoms with Gasteiger partial charge in [-0.25, -0.2) is 9.37 Å². The van der Waals surface area contributed by atoms with Crippen molar-refractivity contribution in [2.24, 2.45) is 0 Å². The highest BCUT2D eigenvalue weighted by Crippen LogP contribution is 2.43. The smallest absolute Gasteiger partial charge is 0.183 e. The molecule has 0 aliphatic carbocycles. The molecule has 0 saturated carbocycles. The SMILES string of the molecule is COc1cc2c(cc1-c1cc(-c3cnnc4c3ncn4C(C)C)ccc1F)OCCN2C. The molecular weight excluding hydrogens is 409 g/mol. The zero-order valence-electron chi connectivity index (χ0n) is 18.5. The maximum absolute atomic E-state index is 15.1. The van der Waals surface area contributed by atoms with E-state index in [2.05, 4.69) is 33.9 Å². The van der Waals surface area contributed by atoms with Crippen LogP contribution >= 0.6 is 0 Å². The summed E-state index contributed by atoms with van der Waals surface area (Å²) in [5.41, 5.74) is 5.00. The molecule has 0 atom stereocenters. The Morgan fingerprint density at radius 1 is 1.12 bits per heavy atom. The summed E-state index contributed by atoms with van der Waals surface area (Å²) >= 11 is 0. The normalized spacial score (nSPS) is 13.4. The van der Waals surface area contributed by atoms with Gasteiger partial charge in [0.05, 0.1) is 31.9 Å². The molecule has 4 aromatic rings. The van der Waals surface area contributed by atoms with Crippen LogP contribution in [0.1, 0.15) is 19.9 Å². The Morgan fingerprint density at radius 2 is 1.97 bits per heavy atom. The number of fused-ring (bicyclic) bond motifs is 2. The van der Waals surface area contributed by atoms with E-state index in [0.29, 0.717) is 34.9 Å². The molecule has 0 fully saturated rings. The number of rotatable bonds is 4. The van der Waals surface area contributed by atoms with Gasteiger partial charge in [-0.3, -0.25) is 0 Å². The van der Waals surface area contributed by atoms with Crippen LogP contribution in [0.25, 0.3) is 33.4 Å². The molecule has 0 unspecified atom stereocenters. The van der Waals surface area contributed by atoms with Gasteiger partial charge in [-0.05, 0) is 37.6 Å². The Labute approximate surface area is 185 Å². The summed E-state index contributed by atoms with van der Waals surface area (Å²) in [6, 6.07) is 8.94. The number of benzene rings is 2. The standard InChI is InChI=1S/C24H24FN5O2/c1-14(2)30-13-26-23-18(12-27-28-24(23)30)15-5-6-19(25)16(9-15)17-10-22-20(11-21(17)31-4)29(3)7-8-32-22/h5-6,9-14H,7-8H2,1-4H3. The lowest BCUT2D eigenvalue weighted by Crippen LogP contribution is -2.28. The van der Waals surface area contributed by atoms with Crippen LogP contribution in [0.2, 0.25) is 0 Å². The maximum atomic E-state index is 15.1. The molecule has 0 N–H and O–H groups in total. The molecule has 7 nitrogen and oxygen atoms in total. The van der Waals surface area contributed by atoms with E-state index in [0.717, 1.165) is 28.9 Å². The second kappa shape index (κ2) is 7.78. The van der Waals surface area contributed by atoms with E-state index in [1.54, 1.807) is 31.8 Å². The fraction of sp³-hybridized carbons (Fsp3) is 0.292. The number of hydrogen-bond donors (Lipinski definition) is 0. The summed E-state index contributed by atoms with van der Waals surface area (Å²) in [6.07, 6.45) is 3.43. The van der Waals surface area contributed by atoms with Gasteiger partial charge < -0.3 is 18.9 Å². The molecule has 32 heavy (non-hydrogen) atoms. The summed E-state index contributed by atoms with van der Waals surface area (Å²) in [5.74, 6) is 0.948. The number of nitrogens with zero attached hydrogens (tertiary/aromatic N) is 5. The Balaban J connectivity index is 1.67. The number of halogens is 1. The first-order chi connectivity index (χ1) is 15.5. The van der Waals surface area contributed by atoms with Gasteiger partial charge >= 0.3 is 0 Å². The van der Waals surface area contributed by atoms with Crippen molar-refractivity contribution in [1.82, 2.24) is 19.7 Å². The third kappa shape index (κ3) is 3.23. The van der Waals surface area contributed by atoms with Gasteiger partial charge in [-0.2, -0.15) is 5.10 Å². The van der Waals surface area contributed by atoms with Crippen LogP contribution < -0.4 is 14.4 Å². The zero-order chi connectivity index (χ0) is 22.4. The van der Waals surface area contributed by atoms with Crippen LogP contribution in [0.4, 0.5) is 10.1 Å². The second-order valence-corrected chi connectivity index (χ2v) is 8.16. The molecule has 8 heteroatoms. The highest BCUT2D eigenvalue weighted by atomic mass is 19.1. The largest absolute Gasteiger partial charge is 0.496 e. The topological polar surface area (TPSA) is 65.3 Å². The van der Waals surface area contributed by atoms with Gasteiger partial charge in [-0.1, -0.05) is 6.07 Å². The minimum absolute atomic E-state index is 0.200. The highest BCUT2D eigenvalue weighted by molar-refractivity contribution is 5.91. The number of hydrogen-bond acceptors (Lipinski definition) is 6. The summed E-state index contributed by atoms with van der Waals surface area (Å²) in [6.45, 7) is 5.49. The van der Waals surface area contributed by atoms with E-state index >= 15 is 4.39 Å². The third-order valence-electron chi connectivity index (χ3n) is 5.86. The third-order valence-corrected chi connectivity index (χ3v) is 5.86. The van der Waals surface area contributed by atoms with Gasteiger partial charge in [0.1, 0.15) is 29.4 Å². The van der Waals surface area contributed by atoms with E-state index in [9.17, 15) is 0 Å². The number of methoxy groups -OCH3 is 1. The maximum Gasteiger partial charge on any atom is 0.183 e. The highest BCUT2D eigenvalue weighted by Gasteiger charge is 2.22. The van der Waals surface area contributed by atoms with E-state index in [1.807, 2.05) is 23.7 Å². The molecule has 0 bridgehead atoms. The van der Waals surface area contributed by atoms with Crippen molar-refractivity contribution in [3.63, 3.8) is 0 Å². The number of ether oxygens (including phenoxy) is 2. The number of aromatic nitrogens is 4. The van der Waals surface area contributed by atoms with Crippen molar-refractivity contribution in [3.05, 3.63) is 48.7 Å². The number of likely N-dealkylation sites (N-methyl/N-ethyl adjacent to an activating group) is 1. The van der Waals surface area contributed by atoms with Crippen molar-refractivity contribution >= 4 is 16.9 Å². The minimum Gasteiger partial charge on any atom is -0.496 e. The van der Waals surface area contributed by atoms with Crippen LogP contribution in [0.3, 0.4) is 0 Å². The van der Waals surface area contributed by atoms with E-state index < -0.39 is 0 Å². The van der Waals surface area contributed by atoms with Gasteiger partial charge in [0, 0.05) is 35.8 Å². The Hall–Kier alpha value is -3.68. The van der Waals surface area contributed by atoms with Crippen molar-refractivity contribution < 1.29 is 13.9 Å². The Kier molecular flexibility index (Phi) is 4.92. The predicted molar refractivity (Wildman–Crippen MR) is 122 cm³/mol. The van der Waals surface area contributed by atoms with Crippen LogP contribution in [0.5, 0.6) is 11.5 Å². The average molecular weight is 433 g/mol. The van der Waals surface area contributed by atoms with Gasteiger partial charge in [0.15, 0.2) is 5.65 Å². The Bertz CT molecular complexity index is 1320. The zero-order valence-corrected chi connectivity index (χ0v) is 18.5. The number of imidazole rings is 1. The molecule has 0 radical (unpaired) electrons. The molecule has 5 rings (SSSR count). The quantitative estimate of drug-likeness (QED) is 0.464. The van der Waals surface area contributed by atoms with E-state index in [4.69, 9.17) is 9.47 Å². The van der Waals surface area contributed by atoms with Crippen molar-refractivity contribution in [2.45, 2.75) is 19.9 Å². The fourth-order valence-corrected chi connectivity index (χ4v) is 4.09. The van der Waals surface area contributed by atoms with E-state index in [1.165, 1.54) is 6.07 Å². The molecule has 164 valence electrons. The minimum atomic E-state index is -0.345. The van der Waals surface area contributed by atoms with Gasteiger partial charge in [-0.15, -0.1) is 5.10 Å². The monoisotopic (exact) mass is 433 g/mol. The number of anilines is 1. The first-order valence-corrected chi connectivity index (χ1v) is 10.5. The fourth-order valence-electron chi connectivity index (χ4n) is 4.09. The van der Waals surface area contributed by atoms with Crippen molar-refractivity contribution in [2.75, 3.05) is 32.2 Å². The van der Waals surface area contributed by atoms with Crippen molar-refractivity contribution in [1.29, 1.82) is 0 Å². The van der Waals surface area contributed by atoms with Crippen molar-refractivity contribution in [3.8, 4) is 33.8 Å². The summed E-state index contributed by atoms with van der Waals surface area (Å²) < 4.78 is 28.5. The summed E-state index contributed by atoms with van der Waals surface area (Å²) in [7, 11) is 3.59. The first kappa shape index (κ1) is 20.2. The van der Waals surface area contributed by atoms with Gasteiger partial charge in [0.2, 0.25) is 0 Å². The predicted octanol–water partition coefficient (Wildman–Crippen LogP) is 4.72. The lowest BCUT2D eigenvalue weighted by Gasteiger charge is -2.29. The lowest BCUT2D eigenvalue weighted by atomic mass is 9.97. The molecule has 0 saturated heterocycles. The average Bonchev–Trinajstić information content (AvgIpc) is 3.24. The summed E-state index contributed by atoms with van der Waals surface area (Å²) in [4.78, 5) is 6.66. The van der Waals surface area contributed by atoms with Crippen LogP contribution in [0, 0.1) is 5.82 Å². The molecule has 0 amide bonds. The molecule has 1 aliphatic rings. The Morgan fingerprint density at radius 3 is 2.75 bits per heavy atom. The lowest BCUT2D eigenvalue weighted by molar-refractivity contribution is 0.310. The van der Waals surface area contributed by atoms with Crippen LogP contribution in [0.15, 0.2) is 42.9 Å². The summed E-state index contributed by atoms with van der Waals surface area (Å²) in [5, 5.41) is 8.44. The van der Waals surface area contributed by atoms with E-state index in [-0.39, 0.29) is 11.9 Å². The molecule has 2 aromatic heterocycles. The molecule has 3 heterocycles. The first-order valence-electron chi connectivity index (χ1n) is 10.5. The van der Waals surface area contributed by atoms with Crippen LogP contribution in [-0.4, -0.2) is 47.1 Å². The molecule has 1 aliphatic heterocycles. The van der Waals surface area contributed by atoms with Crippen LogP contribution in [-0.2, 0) is 0 Å². The molecule has 0 spiro atoms. The molecule has 2 aromatic carbocycles. The molecular formula is C24H24FN5O2. The second-order valence-electron chi connectivity index (χ2n) is 8.16. The van der Waals surface area contributed by atoms with Gasteiger partial charge in [0.25, 0.3) is 0 Å².